The molecule has 0 spiro atoms. The first-order valence-electron chi connectivity index (χ1n) is 15.3. The van der Waals surface area contributed by atoms with E-state index in [9.17, 15) is 4.79 Å². The highest BCUT2D eigenvalue weighted by molar-refractivity contribution is 5.95. The van der Waals surface area contributed by atoms with Crippen molar-refractivity contribution in [2.24, 2.45) is 0 Å². The Labute approximate surface area is 244 Å². The first-order valence-corrected chi connectivity index (χ1v) is 15.3. The highest BCUT2D eigenvalue weighted by Crippen LogP contribution is 2.29. The van der Waals surface area contributed by atoms with E-state index in [4.69, 9.17) is 14.2 Å². The average Bonchev–Trinajstić information content (AvgIpc) is 3.01. The summed E-state index contributed by atoms with van der Waals surface area (Å²) in [6, 6.07) is 19.2. The number of hydrogen-bond donors (Lipinski definition) is 0. The van der Waals surface area contributed by atoms with Crippen LogP contribution in [0.3, 0.4) is 0 Å². The summed E-state index contributed by atoms with van der Waals surface area (Å²) in [7, 11) is 0. The SMILES string of the molecule is CCCCCOCOCN1C(=O)CCc2ccc(OCCCCN3CCN(c4cccc5ccccc45)CC3)nc21. The molecule has 2 aromatic carbocycles. The van der Waals surface area contributed by atoms with Crippen molar-refractivity contribution in [3.05, 3.63) is 60.2 Å². The topological polar surface area (TPSA) is 67.4 Å². The molecule has 41 heavy (non-hydrogen) atoms. The third kappa shape index (κ3) is 7.97. The van der Waals surface area contributed by atoms with Gasteiger partial charge < -0.3 is 19.1 Å². The standard InChI is InChI=1S/C33H44N4O4/c1-2-3-7-23-39-26-40-25-37-32(38)17-15-28-14-16-31(34-33(28)37)41-24-8-6-18-35-19-21-36(22-20-35)30-13-9-11-27-10-4-5-12-29(27)30/h4-5,9-14,16H,2-3,6-8,15,17-26H2,1H3. The maximum Gasteiger partial charge on any atom is 0.230 e. The van der Waals surface area contributed by atoms with Crippen LogP contribution in [0.25, 0.3) is 10.8 Å². The van der Waals surface area contributed by atoms with Crippen LogP contribution in [0.1, 0.15) is 51.0 Å². The van der Waals surface area contributed by atoms with Crippen LogP contribution in [0.5, 0.6) is 5.88 Å². The van der Waals surface area contributed by atoms with Crippen LogP contribution >= 0.6 is 0 Å². The van der Waals surface area contributed by atoms with Crippen LogP contribution in [-0.4, -0.2) is 75.3 Å². The van der Waals surface area contributed by atoms with Crippen molar-refractivity contribution in [1.82, 2.24) is 9.88 Å². The molecule has 1 fully saturated rings. The van der Waals surface area contributed by atoms with Crippen LogP contribution in [0.4, 0.5) is 11.5 Å². The average molecular weight is 561 g/mol. The fourth-order valence-corrected chi connectivity index (χ4v) is 5.61. The van der Waals surface area contributed by atoms with E-state index in [1.54, 1.807) is 4.90 Å². The van der Waals surface area contributed by atoms with Gasteiger partial charge in [-0.15, -0.1) is 0 Å². The molecule has 2 aliphatic rings. The molecular weight excluding hydrogens is 516 g/mol. The van der Waals surface area contributed by atoms with E-state index < -0.39 is 0 Å². The summed E-state index contributed by atoms with van der Waals surface area (Å²) in [5.41, 5.74) is 2.39. The van der Waals surface area contributed by atoms with Crippen LogP contribution < -0.4 is 14.5 Å². The fourth-order valence-electron chi connectivity index (χ4n) is 5.61. The number of nitrogens with zero attached hydrogens (tertiary/aromatic N) is 4. The second-order valence-corrected chi connectivity index (χ2v) is 10.9. The molecule has 1 aromatic heterocycles. The van der Waals surface area contributed by atoms with E-state index >= 15 is 0 Å². The molecule has 0 radical (unpaired) electrons. The van der Waals surface area contributed by atoms with Gasteiger partial charge in [-0.05, 0) is 55.3 Å². The number of benzene rings is 2. The van der Waals surface area contributed by atoms with Crippen molar-refractivity contribution in [3.63, 3.8) is 0 Å². The molecule has 0 N–H and O–H groups in total. The van der Waals surface area contributed by atoms with Gasteiger partial charge in [0, 0.05) is 56.3 Å². The zero-order valence-electron chi connectivity index (χ0n) is 24.4. The lowest BCUT2D eigenvalue weighted by Gasteiger charge is -2.36. The number of amides is 1. The van der Waals surface area contributed by atoms with Crippen molar-refractivity contribution < 1.29 is 19.0 Å². The first-order chi connectivity index (χ1) is 20.2. The summed E-state index contributed by atoms with van der Waals surface area (Å²) in [6.07, 6.45) is 6.53. The number of fused-ring (bicyclic) bond motifs is 2. The fraction of sp³-hybridized carbons (Fsp3) is 0.515. The Kier molecular flexibility index (Phi) is 10.8. The van der Waals surface area contributed by atoms with Gasteiger partial charge in [0.05, 0.1) is 6.61 Å². The van der Waals surface area contributed by atoms with Crippen molar-refractivity contribution in [2.45, 2.75) is 51.9 Å². The van der Waals surface area contributed by atoms with Gasteiger partial charge in [-0.2, -0.15) is 4.98 Å². The first kappa shape index (κ1) is 29.3. The number of carbonyl (C=O) groups is 1. The summed E-state index contributed by atoms with van der Waals surface area (Å²) in [6.45, 7) is 9.09. The Morgan fingerprint density at radius 3 is 2.54 bits per heavy atom. The van der Waals surface area contributed by atoms with E-state index in [-0.39, 0.29) is 19.4 Å². The van der Waals surface area contributed by atoms with E-state index in [1.165, 1.54) is 16.5 Å². The molecule has 3 heterocycles. The molecule has 220 valence electrons. The predicted octanol–water partition coefficient (Wildman–Crippen LogP) is 5.63. The minimum Gasteiger partial charge on any atom is -0.478 e. The number of hydrogen-bond acceptors (Lipinski definition) is 7. The maximum absolute atomic E-state index is 12.6. The summed E-state index contributed by atoms with van der Waals surface area (Å²) in [4.78, 5) is 24.0. The largest absolute Gasteiger partial charge is 0.478 e. The van der Waals surface area contributed by atoms with Gasteiger partial charge in [-0.3, -0.25) is 14.6 Å². The Morgan fingerprint density at radius 1 is 0.829 bits per heavy atom. The van der Waals surface area contributed by atoms with E-state index in [0.717, 1.165) is 70.4 Å². The Hall–Kier alpha value is -3.20. The summed E-state index contributed by atoms with van der Waals surface area (Å²) in [5, 5.41) is 2.64. The summed E-state index contributed by atoms with van der Waals surface area (Å²) in [5.74, 6) is 1.23. The minimum absolute atomic E-state index is 0.0219. The van der Waals surface area contributed by atoms with Crippen molar-refractivity contribution in [3.8, 4) is 5.88 Å². The zero-order valence-corrected chi connectivity index (χ0v) is 24.4. The molecule has 0 saturated carbocycles. The maximum atomic E-state index is 12.6. The molecule has 8 nitrogen and oxygen atoms in total. The molecule has 1 saturated heterocycles. The zero-order chi connectivity index (χ0) is 28.3. The molecule has 0 unspecified atom stereocenters. The molecule has 3 aromatic rings. The number of ether oxygens (including phenoxy) is 3. The minimum atomic E-state index is 0.0219. The van der Waals surface area contributed by atoms with E-state index in [2.05, 4.69) is 64.2 Å². The quantitative estimate of drug-likeness (QED) is 0.176. The molecule has 2 aliphatic heterocycles. The van der Waals surface area contributed by atoms with Crippen LogP contribution in [0.2, 0.25) is 0 Å². The number of unbranched alkanes of at least 4 members (excludes halogenated alkanes) is 3. The number of aryl methyl sites for hydroxylation is 1. The van der Waals surface area contributed by atoms with Crippen molar-refractivity contribution >= 4 is 28.2 Å². The highest BCUT2D eigenvalue weighted by Gasteiger charge is 2.26. The number of carbonyl (C=O) groups excluding carboxylic acids is 1. The van der Waals surface area contributed by atoms with Gasteiger partial charge in [0.15, 0.2) is 0 Å². The van der Waals surface area contributed by atoms with Crippen LogP contribution in [0.15, 0.2) is 54.6 Å². The molecule has 8 heteroatoms. The third-order valence-corrected chi connectivity index (χ3v) is 7.97. The van der Waals surface area contributed by atoms with Gasteiger partial charge in [0.1, 0.15) is 19.3 Å². The lowest BCUT2D eigenvalue weighted by molar-refractivity contribution is -0.121. The molecule has 1 amide bonds. The van der Waals surface area contributed by atoms with Crippen molar-refractivity contribution in [1.29, 1.82) is 0 Å². The Balaban J connectivity index is 1.02. The van der Waals surface area contributed by atoms with Gasteiger partial charge >= 0.3 is 0 Å². The molecule has 5 rings (SSSR count). The van der Waals surface area contributed by atoms with Gasteiger partial charge in [-0.25, -0.2) is 0 Å². The van der Waals surface area contributed by atoms with E-state index in [0.29, 0.717) is 37.8 Å². The monoisotopic (exact) mass is 560 g/mol. The van der Waals surface area contributed by atoms with Crippen LogP contribution in [-0.2, 0) is 20.7 Å². The molecular formula is C33H44N4O4. The summed E-state index contributed by atoms with van der Waals surface area (Å²) < 4.78 is 17.2. The van der Waals surface area contributed by atoms with Gasteiger partial charge in [-0.1, -0.05) is 56.2 Å². The van der Waals surface area contributed by atoms with E-state index in [1.807, 2.05) is 12.1 Å². The normalized spacial score (nSPS) is 15.9. The number of aromatic nitrogens is 1. The third-order valence-electron chi connectivity index (χ3n) is 7.97. The second kappa shape index (κ2) is 15.1. The number of piperazine rings is 1. The molecule has 0 bridgehead atoms. The second-order valence-electron chi connectivity index (χ2n) is 10.9. The molecule has 0 atom stereocenters. The summed E-state index contributed by atoms with van der Waals surface area (Å²) >= 11 is 0. The van der Waals surface area contributed by atoms with Gasteiger partial charge in [0.2, 0.25) is 11.8 Å². The Morgan fingerprint density at radius 2 is 1.66 bits per heavy atom. The highest BCUT2D eigenvalue weighted by atomic mass is 16.7. The van der Waals surface area contributed by atoms with Crippen molar-refractivity contribution in [2.75, 3.05) is 69.3 Å². The molecule has 0 aliphatic carbocycles. The smallest absolute Gasteiger partial charge is 0.230 e. The van der Waals surface area contributed by atoms with Crippen LogP contribution in [0, 0.1) is 0 Å². The number of rotatable bonds is 15. The Bertz CT molecular complexity index is 1260. The lowest BCUT2D eigenvalue weighted by atomic mass is 10.1. The number of pyridine rings is 1. The van der Waals surface area contributed by atoms with Gasteiger partial charge in [0.25, 0.3) is 0 Å². The number of anilines is 2. The lowest BCUT2D eigenvalue weighted by Crippen LogP contribution is -2.46. The predicted molar refractivity (Wildman–Crippen MR) is 164 cm³/mol.